The molecule has 0 unspecified atom stereocenters. The second kappa shape index (κ2) is 8.14. The Morgan fingerprint density at radius 2 is 2.07 bits per heavy atom. The number of nitrogens with zero attached hydrogens (tertiary/aromatic N) is 1. The summed E-state index contributed by atoms with van der Waals surface area (Å²) >= 11 is 1.26. The van der Waals surface area contributed by atoms with Gasteiger partial charge in [0.25, 0.3) is 0 Å². The first kappa shape index (κ1) is 18.8. The van der Waals surface area contributed by atoms with Gasteiger partial charge in [0.2, 0.25) is 0 Å². The number of esters is 1. The quantitative estimate of drug-likeness (QED) is 0.352. The van der Waals surface area contributed by atoms with Gasteiger partial charge in [0.15, 0.2) is 5.78 Å². The predicted molar refractivity (Wildman–Crippen MR) is 107 cm³/mol. The number of rotatable bonds is 6. The minimum atomic E-state index is -0.391. The lowest BCUT2D eigenvalue weighted by atomic mass is 10.1. The maximum Gasteiger partial charge on any atom is 0.348 e. The number of aromatic nitrogens is 1. The van der Waals surface area contributed by atoms with Crippen LogP contribution in [0.4, 0.5) is 0 Å². The van der Waals surface area contributed by atoms with E-state index in [0.717, 1.165) is 22.3 Å². The van der Waals surface area contributed by atoms with Gasteiger partial charge in [-0.05, 0) is 49.2 Å². The largest absolute Gasteiger partial charge is 0.494 e. The van der Waals surface area contributed by atoms with Crippen LogP contribution in [-0.2, 0) is 4.74 Å². The number of aryl methyl sites for hydroxylation is 1. The lowest BCUT2D eigenvalue weighted by molar-refractivity contribution is 0.0605. The number of benzene rings is 1. The van der Waals surface area contributed by atoms with Crippen molar-refractivity contribution in [1.29, 1.82) is 0 Å². The second-order valence-electron chi connectivity index (χ2n) is 5.83. The maximum atomic E-state index is 12.5. The van der Waals surface area contributed by atoms with Crippen molar-refractivity contribution in [2.45, 2.75) is 13.8 Å². The van der Waals surface area contributed by atoms with Crippen LogP contribution >= 0.6 is 11.3 Å². The molecule has 0 atom stereocenters. The van der Waals surface area contributed by atoms with E-state index < -0.39 is 5.97 Å². The number of ketones is 1. The summed E-state index contributed by atoms with van der Waals surface area (Å²) in [5, 5.41) is 0.790. The topological polar surface area (TPSA) is 65.5 Å². The Kier molecular flexibility index (Phi) is 5.66. The number of thiophene rings is 1. The zero-order chi connectivity index (χ0) is 19.4. The summed E-state index contributed by atoms with van der Waals surface area (Å²) in [6, 6.07) is 9.30. The average molecular weight is 381 g/mol. The molecular weight excluding hydrogens is 362 g/mol. The number of allylic oxidation sites excluding steroid dienone is 1. The molecule has 6 heteroatoms. The van der Waals surface area contributed by atoms with Crippen molar-refractivity contribution in [2.75, 3.05) is 13.7 Å². The van der Waals surface area contributed by atoms with Gasteiger partial charge in [-0.15, -0.1) is 11.3 Å². The summed E-state index contributed by atoms with van der Waals surface area (Å²) < 4.78 is 10.3. The fraction of sp³-hybridized carbons (Fsp3) is 0.190. The molecule has 3 aromatic rings. The van der Waals surface area contributed by atoms with E-state index in [1.165, 1.54) is 30.7 Å². The van der Waals surface area contributed by atoms with Crippen LogP contribution in [-0.4, -0.2) is 30.5 Å². The summed E-state index contributed by atoms with van der Waals surface area (Å²) in [5.41, 5.74) is 2.12. The van der Waals surface area contributed by atoms with E-state index in [1.807, 2.05) is 38.1 Å². The number of hydrogen-bond acceptors (Lipinski definition) is 6. The van der Waals surface area contributed by atoms with Crippen molar-refractivity contribution in [2.24, 2.45) is 0 Å². The molecule has 0 radical (unpaired) electrons. The van der Waals surface area contributed by atoms with E-state index >= 15 is 0 Å². The Morgan fingerprint density at radius 1 is 1.26 bits per heavy atom. The number of carbonyl (C=O) groups excluding carboxylic acids is 2. The highest BCUT2D eigenvalue weighted by atomic mass is 32.1. The molecule has 0 aliphatic heterocycles. The third kappa shape index (κ3) is 4.06. The first-order valence-electron chi connectivity index (χ1n) is 8.46. The lowest BCUT2D eigenvalue weighted by Crippen LogP contribution is -1.99. The van der Waals surface area contributed by atoms with Gasteiger partial charge in [-0.25, -0.2) is 9.78 Å². The van der Waals surface area contributed by atoms with Crippen LogP contribution in [0.15, 0.2) is 42.6 Å². The van der Waals surface area contributed by atoms with Crippen LogP contribution in [0, 0.1) is 6.92 Å². The van der Waals surface area contributed by atoms with Gasteiger partial charge < -0.3 is 9.47 Å². The van der Waals surface area contributed by atoms with Gasteiger partial charge in [0.1, 0.15) is 15.5 Å². The Balaban J connectivity index is 1.86. The molecule has 3 rings (SSSR count). The molecule has 0 N–H and O–H groups in total. The highest BCUT2D eigenvalue weighted by Crippen LogP contribution is 2.30. The summed E-state index contributed by atoms with van der Waals surface area (Å²) in [5.74, 6) is 0.216. The van der Waals surface area contributed by atoms with Crippen LogP contribution < -0.4 is 4.74 Å². The van der Waals surface area contributed by atoms with Crippen molar-refractivity contribution in [3.63, 3.8) is 0 Å². The monoisotopic (exact) mass is 381 g/mol. The van der Waals surface area contributed by atoms with Gasteiger partial charge >= 0.3 is 5.97 Å². The van der Waals surface area contributed by atoms with E-state index in [2.05, 4.69) is 4.98 Å². The summed E-state index contributed by atoms with van der Waals surface area (Å²) in [6.45, 7) is 4.34. The molecule has 0 saturated carbocycles. The SMILES string of the molecule is CCOc1cccc(/C=C/C(=O)c2cnc3sc(C(=O)OC)c(C)c3c2)c1. The molecule has 138 valence electrons. The van der Waals surface area contributed by atoms with Crippen LogP contribution in [0.1, 0.15) is 38.1 Å². The molecule has 0 fully saturated rings. The molecule has 1 aromatic carbocycles. The smallest absolute Gasteiger partial charge is 0.348 e. The van der Waals surface area contributed by atoms with Gasteiger partial charge in [0, 0.05) is 17.1 Å². The van der Waals surface area contributed by atoms with Crippen molar-refractivity contribution in [3.05, 3.63) is 64.2 Å². The fourth-order valence-electron chi connectivity index (χ4n) is 2.66. The second-order valence-corrected chi connectivity index (χ2v) is 6.83. The van der Waals surface area contributed by atoms with E-state index in [9.17, 15) is 9.59 Å². The van der Waals surface area contributed by atoms with Crippen LogP contribution in [0.25, 0.3) is 16.3 Å². The lowest BCUT2D eigenvalue weighted by Gasteiger charge is -2.03. The van der Waals surface area contributed by atoms with E-state index in [0.29, 0.717) is 21.9 Å². The van der Waals surface area contributed by atoms with E-state index in [4.69, 9.17) is 9.47 Å². The molecule has 0 spiro atoms. The maximum absolute atomic E-state index is 12.5. The summed E-state index contributed by atoms with van der Waals surface area (Å²) in [4.78, 5) is 29.9. The minimum Gasteiger partial charge on any atom is -0.494 e. The third-order valence-corrected chi connectivity index (χ3v) is 5.24. The zero-order valence-electron chi connectivity index (χ0n) is 15.3. The molecule has 2 aromatic heterocycles. The third-order valence-electron chi connectivity index (χ3n) is 4.05. The molecule has 0 aliphatic carbocycles. The number of hydrogen-bond donors (Lipinski definition) is 0. The Hall–Kier alpha value is -2.99. The Labute approximate surface area is 161 Å². The molecule has 0 saturated heterocycles. The number of methoxy groups -OCH3 is 1. The number of ether oxygens (including phenoxy) is 2. The van der Waals surface area contributed by atoms with Gasteiger partial charge in [-0.3, -0.25) is 4.79 Å². The fourth-order valence-corrected chi connectivity index (χ4v) is 3.71. The minimum absolute atomic E-state index is 0.156. The molecule has 5 nitrogen and oxygen atoms in total. The predicted octanol–water partition coefficient (Wildman–Crippen LogP) is 4.69. The van der Waals surface area contributed by atoms with Crippen molar-refractivity contribution in [1.82, 2.24) is 4.98 Å². The molecular formula is C21H19NO4S. The normalized spacial score (nSPS) is 11.1. The van der Waals surface area contributed by atoms with Crippen LogP contribution in [0.5, 0.6) is 5.75 Å². The molecule has 27 heavy (non-hydrogen) atoms. The average Bonchev–Trinajstić information content (AvgIpc) is 3.02. The summed E-state index contributed by atoms with van der Waals surface area (Å²) in [7, 11) is 1.35. The highest BCUT2D eigenvalue weighted by Gasteiger charge is 2.17. The zero-order valence-corrected chi connectivity index (χ0v) is 16.1. The number of carbonyl (C=O) groups is 2. The van der Waals surface area contributed by atoms with Gasteiger partial charge in [0.05, 0.1) is 13.7 Å². The summed E-state index contributed by atoms with van der Waals surface area (Å²) in [6.07, 6.45) is 4.79. The number of fused-ring (bicyclic) bond motifs is 1. The Morgan fingerprint density at radius 3 is 2.81 bits per heavy atom. The van der Waals surface area contributed by atoms with Crippen LogP contribution in [0.3, 0.4) is 0 Å². The highest BCUT2D eigenvalue weighted by molar-refractivity contribution is 7.20. The molecule has 0 aliphatic rings. The van der Waals surface area contributed by atoms with E-state index in [-0.39, 0.29) is 5.78 Å². The molecule has 2 heterocycles. The molecule has 0 bridgehead atoms. The van der Waals surface area contributed by atoms with E-state index in [1.54, 1.807) is 12.1 Å². The van der Waals surface area contributed by atoms with Crippen LogP contribution in [0.2, 0.25) is 0 Å². The van der Waals surface area contributed by atoms with Crippen molar-refractivity contribution >= 4 is 39.4 Å². The Bertz CT molecular complexity index is 1040. The first-order chi connectivity index (χ1) is 13.0. The van der Waals surface area contributed by atoms with Crippen molar-refractivity contribution < 1.29 is 19.1 Å². The number of pyridine rings is 1. The van der Waals surface area contributed by atoms with Gasteiger partial charge in [-0.1, -0.05) is 18.2 Å². The molecule has 0 amide bonds. The first-order valence-corrected chi connectivity index (χ1v) is 9.28. The van der Waals surface area contributed by atoms with Gasteiger partial charge in [-0.2, -0.15) is 0 Å². The standard InChI is InChI=1S/C21H19NO4S/c1-4-26-16-7-5-6-14(10-16)8-9-18(23)15-11-17-13(2)19(21(24)25-3)27-20(17)22-12-15/h5-12H,4H2,1-3H3/b9-8+. The van der Waals surface area contributed by atoms with Crippen molar-refractivity contribution in [3.8, 4) is 5.75 Å².